The maximum absolute atomic E-state index is 6.09. The molecule has 2 heterocycles. The van der Waals surface area contributed by atoms with Gasteiger partial charge in [0, 0.05) is 7.11 Å². The number of para-hydroxylation sites is 2. The van der Waals surface area contributed by atoms with E-state index in [1.807, 2.05) is 24.3 Å². The van der Waals surface area contributed by atoms with E-state index in [1.165, 1.54) is 0 Å². The van der Waals surface area contributed by atoms with E-state index >= 15 is 0 Å². The van der Waals surface area contributed by atoms with E-state index in [2.05, 4.69) is 10.1 Å². The summed E-state index contributed by atoms with van der Waals surface area (Å²) in [4.78, 5) is 4.31. The molecule has 2 N–H and O–H groups in total. The number of hydrogen-bond acceptors (Lipinski definition) is 7. The van der Waals surface area contributed by atoms with Gasteiger partial charge in [-0.2, -0.15) is 4.98 Å². The lowest BCUT2D eigenvalue weighted by Crippen LogP contribution is -2.39. The van der Waals surface area contributed by atoms with E-state index in [4.69, 9.17) is 24.5 Å². The van der Waals surface area contributed by atoms with Crippen molar-refractivity contribution in [3.8, 4) is 11.5 Å². The average molecular weight is 291 g/mol. The van der Waals surface area contributed by atoms with Gasteiger partial charge < -0.3 is 24.5 Å². The highest BCUT2D eigenvalue weighted by Gasteiger charge is 2.32. The first-order valence-electron chi connectivity index (χ1n) is 6.60. The molecule has 3 rings (SSSR count). The van der Waals surface area contributed by atoms with Crippen molar-refractivity contribution in [3.05, 3.63) is 36.0 Å². The zero-order valence-electron chi connectivity index (χ0n) is 11.9. The van der Waals surface area contributed by atoms with Crippen molar-refractivity contribution in [2.24, 2.45) is 5.73 Å². The number of aromatic nitrogens is 2. The molecule has 1 aliphatic rings. The van der Waals surface area contributed by atoms with Crippen molar-refractivity contribution in [2.75, 3.05) is 20.3 Å². The van der Waals surface area contributed by atoms with Crippen molar-refractivity contribution in [1.29, 1.82) is 0 Å². The van der Waals surface area contributed by atoms with Gasteiger partial charge >= 0.3 is 0 Å². The molecular weight excluding hydrogens is 274 g/mol. The van der Waals surface area contributed by atoms with Crippen LogP contribution in [0, 0.1) is 0 Å². The van der Waals surface area contributed by atoms with Crippen molar-refractivity contribution < 1.29 is 18.7 Å². The minimum atomic E-state index is -0.816. The molecule has 7 heteroatoms. The van der Waals surface area contributed by atoms with E-state index in [-0.39, 0.29) is 6.61 Å². The Morgan fingerprint density at radius 2 is 2.14 bits per heavy atom. The summed E-state index contributed by atoms with van der Waals surface area (Å²) >= 11 is 0. The highest BCUT2D eigenvalue weighted by Crippen LogP contribution is 2.35. The Bertz CT molecular complexity index is 626. The third kappa shape index (κ3) is 2.70. The highest BCUT2D eigenvalue weighted by atomic mass is 16.6. The molecule has 0 aliphatic carbocycles. The standard InChI is InChI=1S/C14H17N3O4/c1-14(15,8-18-2)13-16-12(21-17-13)11-7-19-9-5-3-4-6-10(9)20-11/h3-6,11H,7-8,15H2,1-2H3. The Balaban J connectivity index is 1.79. The number of ether oxygens (including phenoxy) is 3. The fraction of sp³-hybridized carbons (Fsp3) is 0.429. The zero-order chi connectivity index (χ0) is 14.9. The summed E-state index contributed by atoms with van der Waals surface area (Å²) in [6.45, 7) is 2.37. The molecule has 1 aromatic heterocycles. The molecule has 0 saturated heterocycles. The molecular formula is C14H17N3O4. The predicted molar refractivity (Wildman–Crippen MR) is 73.0 cm³/mol. The van der Waals surface area contributed by atoms with Gasteiger partial charge in [0.05, 0.1) is 6.61 Å². The number of benzene rings is 1. The first-order valence-corrected chi connectivity index (χ1v) is 6.60. The van der Waals surface area contributed by atoms with Crippen LogP contribution in [-0.4, -0.2) is 30.5 Å². The van der Waals surface area contributed by atoms with Crippen LogP contribution in [0.3, 0.4) is 0 Å². The molecule has 0 bridgehead atoms. The Kier molecular flexibility index (Phi) is 3.52. The number of fused-ring (bicyclic) bond motifs is 1. The van der Waals surface area contributed by atoms with Gasteiger partial charge in [0.15, 0.2) is 17.3 Å². The summed E-state index contributed by atoms with van der Waals surface area (Å²) in [5.74, 6) is 2.08. The van der Waals surface area contributed by atoms with Crippen molar-refractivity contribution in [1.82, 2.24) is 10.1 Å². The fourth-order valence-electron chi connectivity index (χ4n) is 2.10. The number of hydrogen-bond donors (Lipinski definition) is 1. The lowest BCUT2D eigenvalue weighted by Gasteiger charge is -2.23. The molecule has 0 saturated carbocycles. The van der Waals surface area contributed by atoms with Crippen LogP contribution in [0.2, 0.25) is 0 Å². The van der Waals surface area contributed by atoms with Gasteiger partial charge in [0.25, 0.3) is 5.89 Å². The lowest BCUT2D eigenvalue weighted by atomic mass is 10.1. The van der Waals surface area contributed by atoms with Gasteiger partial charge in [-0.1, -0.05) is 17.3 Å². The third-order valence-corrected chi connectivity index (χ3v) is 3.18. The Morgan fingerprint density at radius 3 is 2.90 bits per heavy atom. The summed E-state index contributed by atoms with van der Waals surface area (Å²) in [6, 6.07) is 7.44. The molecule has 0 radical (unpaired) electrons. The molecule has 7 nitrogen and oxygen atoms in total. The van der Waals surface area contributed by atoms with E-state index in [0.717, 1.165) is 0 Å². The van der Waals surface area contributed by atoms with Crippen LogP contribution in [0.25, 0.3) is 0 Å². The highest BCUT2D eigenvalue weighted by molar-refractivity contribution is 5.40. The number of nitrogens with zero attached hydrogens (tertiary/aromatic N) is 2. The van der Waals surface area contributed by atoms with Crippen molar-refractivity contribution >= 4 is 0 Å². The monoisotopic (exact) mass is 291 g/mol. The molecule has 21 heavy (non-hydrogen) atoms. The van der Waals surface area contributed by atoms with Gasteiger partial charge in [0.1, 0.15) is 12.1 Å². The SMILES string of the molecule is COCC(C)(N)c1noc(C2COc3ccccc3O2)n1. The molecule has 1 aliphatic heterocycles. The summed E-state index contributed by atoms with van der Waals surface area (Å²) < 4.78 is 21.7. The second-order valence-corrected chi connectivity index (χ2v) is 5.17. The minimum absolute atomic E-state index is 0.289. The van der Waals surface area contributed by atoms with Crippen molar-refractivity contribution in [3.63, 3.8) is 0 Å². The Labute approximate surface area is 122 Å². The fourth-order valence-corrected chi connectivity index (χ4v) is 2.10. The molecule has 0 fully saturated rings. The first-order chi connectivity index (χ1) is 10.1. The maximum Gasteiger partial charge on any atom is 0.271 e. The van der Waals surface area contributed by atoms with Crippen LogP contribution in [0.15, 0.2) is 28.8 Å². The van der Waals surface area contributed by atoms with E-state index < -0.39 is 11.6 Å². The maximum atomic E-state index is 6.09. The summed E-state index contributed by atoms with van der Waals surface area (Å²) in [5, 5.41) is 3.91. The van der Waals surface area contributed by atoms with Crippen molar-refractivity contribution in [2.45, 2.75) is 18.6 Å². The van der Waals surface area contributed by atoms with Crippen LogP contribution in [0.4, 0.5) is 0 Å². The number of rotatable bonds is 4. The van der Waals surface area contributed by atoms with Gasteiger partial charge in [-0.05, 0) is 19.1 Å². The number of nitrogens with two attached hydrogens (primary N) is 1. The minimum Gasteiger partial charge on any atom is -0.485 e. The average Bonchev–Trinajstić information content (AvgIpc) is 2.97. The predicted octanol–water partition coefficient (Wildman–Crippen LogP) is 1.40. The van der Waals surface area contributed by atoms with Gasteiger partial charge in [-0.25, -0.2) is 0 Å². The zero-order valence-corrected chi connectivity index (χ0v) is 11.9. The lowest BCUT2D eigenvalue weighted by molar-refractivity contribution is 0.0665. The van der Waals surface area contributed by atoms with Gasteiger partial charge in [0.2, 0.25) is 6.10 Å². The molecule has 112 valence electrons. The van der Waals surface area contributed by atoms with Crippen LogP contribution in [-0.2, 0) is 10.3 Å². The van der Waals surface area contributed by atoms with Crippen LogP contribution in [0.5, 0.6) is 11.5 Å². The molecule has 0 amide bonds. The number of methoxy groups -OCH3 is 1. The second kappa shape index (κ2) is 5.34. The Hall–Kier alpha value is -2.12. The second-order valence-electron chi connectivity index (χ2n) is 5.17. The van der Waals surface area contributed by atoms with E-state index in [9.17, 15) is 0 Å². The summed E-state index contributed by atoms with van der Waals surface area (Å²) in [6.07, 6.45) is -0.445. The smallest absolute Gasteiger partial charge is 0.271 e. The normalized spacial score (nSPS) is 20.0. The van der Waals surface area contributed by atoms with E-state index in [0.29, 0.717) is 29.8 Å². The van der Waals surface area contributed by atoms with Gasteiger partial charge in [-0.3, -0.25) is 0 Å². The summed E-state index contributed by atoms with van der Waals surface area (Å²) in [7, 11) is 1.57. The largest absolute Gasteiger partial charge is 0.485 e. The van der Waals surface area contributed by atoms with Gasteiger partial charge in [-0.15, -0.1) is 0 Å². The molecule has 2 unspecified atom stereocenters. The topological polar surface area (TPSA) is 92.6 Å². The molecule has 2 atom stereocenters. The Morgan fingerprint density at radius 1 is 1.38 bits per heavy atom. The van der Waals surface area contributed by atoms with E-state index in [1.54, 1.807) is 14.0 Å². The van der Waals surface area contributed by atoms with Crippen LogP contribution < -0.4 is 15.2 Å². The third-order valence-electron chi connectivity index (χ3n) is 3.18. The quantitative estimate of drug-likeness (QED) is 0.910. The summed E-state index contributed by atoms with van der Waals surface area (Å²) in [5.41, 5.74) is 5.27. The van der Waals surface area contributed by atoms with Crippen LogP contribution in [0.1, 0.15) is 24.7 Å². The molecule has 0 spiro atoms. The van der Waals surface area contributed by atoms with Crippen LogP contribution >= 0.6 is 0 Å². The molecule has 1 aromatic carbocycles. The molecule has 2 aromatic rings. The first kappa shape index (κ1) is 13.8.